The summed E-state index contributed by atoms with van der Waals surface area (Å²) in [5.41, 5.74) is 1.51. The average molecular weight is 264 g/mol. The van der Waals surface area contributed by atoms with E-state index >= 15 is 0 Å². The number of aryl methyl sites for hydroxylation is 1. The van der Waals surface area contributed by atoms with Gasteiger partial charge < -0.3 is 10.3 Å². The molecule has 4 nitrogen and oxygen atoms in total. The van der Waals surface area contributed by atoms with Gasteiger partial charge in [0.15, 0.2) is 0 Å². The molecule has 0 unspecified atom stereocenters. The summed E-state index contributed by atoms with van der Waals surface area (Å²) in [6.45, 7) is 2.44. The number of H-pyrrole nitrogens is 1. The van der Waals surface area contributed by atoms with E-state index in [4.69, 9.17) is 11.6 Å². The summed E-state index contributed by atoms with van der Waals surface area (Å²) in [7, 11) is 0. The highest BCUT2D eigenvalue weighted by Crippen LogP contribution is 2.14. The Morgan fingerprint density at radius 1 is 1.44 bits per heavy atom. The van der Waals surface area contributed by atoms with Crippen LogP contribution in [0.25, 0.3) is 0 Å². The highest BCUT2D eigenvalue weighted by atomic mass is 35.5. The zero-order valence-electron chi connectivity index (χ0n) is 10.0. The van der Waals surface area contributed by atoms with E-state index in [1.165, 1.54) is 0 Å². The molecule has 2 aromatic rings. The Labute approximate surface area is 110 Å². The summed E-state index contributed by atoms with van der Waals surface area (Å²) in [6.07, 6.45) is 2.49. The van der Waals surface area contributed by atoms with Gasteiger partial charge in [-0.25, -0.2) is 4.98 Å². The molecule has 0 fully saturated rings. The minimum Gasteiger partial charge on any atom is -0.352 e. The molecule has 1 aromatic carbocycles. The molecule has 0 aliphatic heterocycles. The fourth-order valence-electron chi connectivity index (χ4n) is 1.65. The smallest absolute Gasteiger partial charge is 0.252 e. The van der Waals surface area contributed by atoms with Gasteiger partial charge in [-0.15, -0.1) is 0 Å². The van der Waals surface area contributed by atoms with E-state index in [1.54, 1.807) is 30.5 Å². The maximum absolute atomic E-state index is 11.8. The van der Waals surface area contributed by atoms with E-state index in [0.29, 0.717) is 17.1 Å². The number of aromatic amines is 1. The Morgan fingerprint density at radius 3 is 2.89 bits per heavy atom. The number of benzene rings is 1. The molecule has 0 bridgehead atoms. The van der Waals surface area contributed by atoms with Crippen molar-refractivity contribution in [2.24, 2.45) is 0 Å². The van der Waals surface area contributed by atoms with Crippen molar-refractivity contribution in [3.8, 4) is 0 Å². The minimum atomic E-state index is -0.156. The minimum absolute atomic E-state index is 0.156. The van der Waals surface area contributed by atoms with E-state index in [0.717, 1.165) is 17.9 Å². The third-order valence-corrected chi connectivity index (χ3v) is 2.88. The van der Waals surface area contributed by atoms with Crippen LogP contribution in [0.3, 0.4) is 0 Å². The summed E-state index contributed by atoms with van der Waals surface area (Å²) < 4.78 is 0. The molecule has 1 heterocycles. The van der Waals surface area contributed by atoms with Gasteiger partial charge in [0.2, 0.25) is 0 Å². The molecular weight excluding hydrogens is 250 g/mol. The highest BCUT2D eigenvalue weighted by Gasteiger charge is 2.08. The van der Waals surface area contributed by atoms with E-state index in [-0.39, 0.29) is 5.91 Å². The van der Waals surface area contributed by atoms with Crippen LogP contribution in [0.2, 0.25) is 5.02 Å². The molecule has 1 amide bonds. The van der Waals surface area contributed by atoms with Crippen molar-refractivity contribution < 1.29 is 4.79 Å². The number of halogens is 1. The first-order valence-corrected chi connectivity index (χ1v) is 6.08. The van der Waals surface area contributed by atoms with Crippen molar-refractivity contribution in [2.45, 2.75) is 13.3 Å². The molecule has 0 aliphatic rings. The Balaban J connectivity index is 1.87. The number of amides is 1. The summed E-state index contributed by atoms with van der Waals surface area (Å²) in [4.78, 5) is 19.0. The fourth-order valence-corrected chi connectivity index (χ4v) is 1.87. The number of hydrogen-bond acceptors (Lipinski definition) is 2. The van der Waals surface area contributed by atoms with Gasteiger partial charge in [0, 0.05) is 24.9 Å². The molecule has 0 radical (unpaired) electrons. The van der Waals surface area contributed by atoms with Crippen molar-refractivity contribution in [1.82, 2.24) is 15.3 Å². The van der Waals surface area contributed by atoms with Crippen molar-refractivity contribution in [2.75, 3.05) is 6.54 Å². The van der Waals surface area contributed by atoms with E-state index in [2.05, 4.69) is 15.3 Å². The molecule has 5 heteroatoms. The molecule has 0 aliphatic carbocycles. The normalized spacial score (nSPS) is 10.3. The maximum atomic E-state index is 11.8. The second-order valence-electron chi connectivity index (χ2n) is 3.98. The topological polar surface area (TPSA) is 57.8 Å². The predicted octanol–water partition coefficient (Wildman–Crippen LogP) is 2.34. The zero-order chi connectivity index (χ0) is 13.0. The number of nitrogens with one attached hydrogen (secondary N) is 2. The van der Waals surface area contributed by atoms with Crippen LogP contribution in [0.4, 0.5) is 0 Å². The molecule has 0 atom stereocenters. The van der Waals surface area contributed by atoms with Crippen LogP contribution in [0.15, 0.2) is 30.5 Å². The molecule has 18 heavy (non-hydrogen) atoms. The quantitative estimate of drug-likeness (QED) is 0.890. The summed E-state index contributed by atoms with van der Waals surface area (Å²) in [5.74, 6) is 0.722. The van der Waals surface area contributed by atoms with Crippen molar-refractivity contribution in [3.05, 3.63) is 52.6 Å². The van der Waals surface area contributed by atoms with Gasteiger partial charge in [0.1, 0.15) is 5.82 Å². The Hall–Kier alpha value is -1.81. The van der Waals surface area contributed by atoms with E-state index < -0.39 is 0 Å². The number of hydrogen-bond donors (Lipinski definition) is 2. The highest BCUT2D eigenvalue weighted by molar-refractivity contribution is 6.33. The van der Waals surface area contributed by atoms with Gasteiger partial charge in [0.05, 0.1) is 10.6 Å². The molecule has 0 saturated carbocycles. The van der Waals surface area contributed by atoms with Gasteiger partial charge in [-0.1, -0.05) is 23.7 Å². The SMILES string of the molecule is Cc1ncc(CCNC(=O)c2ccccc2Cl)[nH]1. The van der Waals surface area contributed by atoms with E-state index in [1.807, 2.05) is 6.92 Å². The van der Waals surface area contributed by atoms with Gasteiger partial charge in [0.25, 0.3) is 5.91 Å². The molecular formula is C13H14ClN3O. The van der Waals surface area contributed by atoms with Crippen LogP contribution in [-0.4, -0.2) is 22.4 Å². The number of carbonyl (C=O) groups is 1. The standard InChI is InChI=1S/C13H14ClN3O/c1-9-16-8-10(17-9)6-7-15-13(18)11-4-2-3-5-12(11)14/h2-5,8H,6-7H2,1H3,(H,15,18)(H,16,17). The van der Waals surface area contributed by atoms with Gasteiger partial charge in [-0.05, 0) is 19.1 Å². The monoisotopic (exact) mass is 263 g/mol. The van der Waals surface area contributed by atoms with Gasteiger partial charge in [-0.2, -0.15) is 0 Å². The Kier molecular flexibility index (Phi) is 3.99. The van der Waals surface area contributed by atoms with Crippen LogP contribution >= 0.6 is 11.6 Å². The third kappa shape index (κ3) is 3.11. The van der Waals surface area contributed by atoms with Crippen LogP contribution < -0.4 is 5.32 Å². The Bertz CT molecular complexity index is 551. The largest absolute Gasteiger partial charge is 0.352 e. The lowest BCUT2D eigenvalue weighted by atomic mass is 10.2. The fraction of sp³-hybridized carbons (Fsp3) is 0.231. The summed E-state index contributed by atoms with van der Waals surface area (Å²) >= 11 is 5.94. The van der Waals surface area contributed by atoms with Crippen LogP contribution in [-0.2, 0) is 6.42 Å². The predicted molar refractivity (Wildman–Crippen MR) is 70.8 cm³/mol. The number of aromatic nitrogens is 2. The third-order valence-electron chi connectivity index (χ3n) is 2.55. The lowest BCUT2D eigenvalue weighted by molar-refractivity contribution is 0.0954. The second-order valence-corrected chi connectivity index (χ2v) is 4.39. The lowest BCUT2D eigenvalue weighted by Crippen LogP contribution is -2.26. The van der Waals surface area contributed by atoms with Gasteiger partial charge in [-0.3, -0.25) is 4.79 Å². The van der Waals surface area contributed by atoms with Crippen molar-refractivity contribution in [1.29, 1.82) is 0 Å². The van der Waals surface area contributed by atoms with Gasteiger partial charge >= 0.3 is 0 Å². The molecule has 0 spiro atoms. The average Bonchev–Trinajstić information content (AvgIpc) is 2.75. The number of nitrogens with zero attached hydrogens (tertiary/aromatic N) is 1. The van der Waals surface area contributed by atoms with Crippen molar-refractivity contribution in [3.63, 3.8) is 0 Å². The first-order chi connectivity index (χ1) is 8.66. The molecule has 0 saturated heterocycles. The first-order valence-electron chi connectivity index (χ1n) is 5.70. The van der Waals surface area contributed by atoms with E-state index in [9.17, 15) is 4.79 Å². The molecule has 94 valence electrons. The number of imidazole rings is 1. The van der Waals surface area contributed by atoms with Crippen LogP contribution in [0.1, 0.15) is 21.9 Å². The number of rotatable bonds is 4. The maximum Gasteiger partial charge on any atom is 0.252 e. The van der Waals surface area contributed by atoms with Crippen molar-refractivity contribution >= 4 is 17.5 Å². The summed E-state index contributed by atoms with van der Waals surface area (Å²) in [6, 6.07) is 7.00. The first kappa shape index (κ1) is 12.6. The van der Waals surface area contributed by atoms with Crippen LogP contribution in [0.5, 0.6) is 0 Å². The molecule has 2 rings (SSSR count). The molecule has 2 N–H and O–H groups in total. The lowest BCUT2D eigenvalue weighted by Gasteiger charge is -2.05. The zero-order valence-corrected chi connectivity index (χ0v) is 10.8. The number of carbonyl (C=O) groups excluding carboxylic acids is 1. The van der Waals surface area contributed by atoms with Crippen LogP contribution in [0, 0.1) is 6.92 Å². The Morgan fingerprint density at radius 2 is 2.22 bits per heavy atom. The summed E-state index contributed by atoms with van der Waals surface area (Å²) in [5, 5.41) is 3.29. The second kappa shape index (κ2) is 5.69. The molecule has 1 aromatic heterocycles.